The Kier molecular flexibility index (Phi) is 6.04. The Labute approximate surface area is 183 Å². The predicted octanol–water partition coefficient (Wildman–Crippen LogP) is 5.86. The van der Waals surface area contributed by atoms with Crippen molar-refractivity contribution in [3.63, 3.8) is 0 Å². The number of nitrogens with two attached hydrogens (primary N) is 1. The first-order chi connectivity index (χ1) is 14.0. The van der Waals surface area contributed by atoms with Crippen molar-refractivity contribution in [2.24, 2.45) is 5.73 Å². The molecular weight excluding hydrogens is 429 g/mol. The van der Waals surface area contributed by atoms with Crippen molar-refractivity contribution in [3.8, 4) is 0 Å². The summed E-state index contributed by atoms with van der Waals surface area (Å²) in [5.41, 5.74) is 8.52. The standard InChI is InChI=1S/C21H19Cl2N3O2S/c22-16-7-17(23)9-18(8-16)29-20-19(14-1-2-14)15(12-28-21(24)27)11-26(20)10-13-3-5-25-6-4-13/h3-9,11,14H,1-2,10,12H2,(H2,24,27). The zero-order chi connectivity index (χ0) is 20.4. The van der Waals surface area contributed by atoms with Crippen LogP contribution in [-0.4, -0.2) is 15.6 Å². The summed E-state index contributed by atoms with van der Waals surface area (Å²) < 4.78 is 7.30. The highest BCUT2D eigenvalue weighted by atomic mass is 35.5. The van der Waals surface area contributed by atoms with Gasteiger partial charge >= 0.3 is 6.09 Å². The van der Waals surface area contributed by atoms with Crippen LogP contribution >= 0.6 is 35.0 Å². The van der Waals surface area contributed by atoms with E-state index < -0.39 is 6.09 Å². The fraction of sp³-hybridized carbons (Fsp3) is 0.238. The van der Waals surface area contributed by atoms with E-state index in [9.17, 15) is 4.79 Å². The number of benzene rings is 1. The molecule has 1 fully saturated rings. The molecule has 0 atom stereocenters. The molecule has 3 aromatic rings. The number of rotatable bonds is 7. The Hall–Kier alpha value is -2.15. The first-order valence-electron chi connectivity index (χ1n) is 9.16. The molecule has 8 heteroatoms. The Morgan fingerprint density at radius 3 is 2.52 bits per heavy atom. The second-order valence-electron chi connectivity index (χ2n) is 6.95. The minimum Gasteiger partial charge on any atom is -0.445 e. The van der Waals surface area contributed by atoms with Crippen molar-refractivity contribution in [2.75, 3.05) is 0 Å². The molecule has 1 amide bonds. The smallest absolute Gasteiger partial charge is 0.404 e. The van der Waals surface area contributed by atoms with Crippen LogP contribution in [0.25, 0.3) is 0 Å². The molecule has 1 aliphatic rings. The fourth-order valence-corrected chi connectivity index (χ4v) is 5.19. The highest BCUT2D eigenvalue weighted by Gasteiger charge is 2.32. The molecule has 1 aromatic carbocycles. The van der Waals surface area contributed by atoms with E-state index in [2.05, 4.69) is 9.55 Å². The summed E-state index contributed by atoms with van der Waals surface area (Å²) in [6.07, 6.45) is 7.07. The van der Waals surface area contributed by atoms with Gasteiger partial charge in [0.25, 0.3) is 0 Å². The van der Waals surface area contributed by atoms with E-state index in [1.165, 1.54) is 5.56 Å². The van der Waals surface area contributed by atoms with Crippen LogP contribution in [0.4, 0.5) is 4.79 Å². The summed E-state index contributed by atoms with van der Waals surface area (Å²) >= 11 is 14.0. The Morgan fingerprint density at radius 1 is 1.21 bits per heavy atom. The van der Waals surface area contributed by atoms with Gasteiger partial charge in [0, 0.05) is 45.6 Å². The number of hydrogen-bond acceptors (Lipinski definition) is 4. The van der Waals surface area contributed by atoms with Gasteiger partial charge in [0.05, 0.1) is 5.03 Å². The third-order valence-corrected chi connectivity index (χ3v) is 6.21. The number of carbonyl (C=O) groups excluding carboxylic acids is 1. The number of pyridine rings is 1. The SMILES string of the molecule is NC(=O)OCc1cn(Cc2ccncc2)c(Sc2cc(Cl)cc(Cl)c2)c1C1CC1. The van der Waals surface area contributed by atoms with Crippen LogP contribution < -0.4 is 5.73 Å². The molecule has 0 saturated heterocycles. The van der Waals surface area contributed by atoms with Crippen molar-refractivity contribution in [1.82, 2.24) is 9.55 Å². The van der Waals surface area contributed by atoms with E-state index in [1.807, 2.05) is 30.5 Å². The topological polar surface area (TPSA) is 70.1 Å². The van der Waals surface area contributed by atoms with E-state index in [1.54, 1.807) is 30.2 Å². The molecule has 150 valence electrons. The van der Waals surface area contributed by atoms with E-state index in [-0.39, 0.29) is 6.61 Å². The summed E-state index contributed by atoms with van der Waals surface area (Å²) in [6.45, 7) is 0.837. The quantitative estimate of drug-likeness (QED) is 0.491. The van der Waals surface area contributed by atoms with Gasteiger partial charge < -0.3 is 15.0 Å². The van der Waals surface area contributed by atoms with Gasteiger partial charge in [0.1, 0.15) is 6.61 Å². The number of primary amides is 1. The Morgan fingerprint density at radius 2 is 1.90 bits per heavy atom. The number of nitrogens with zero attached hydrogens (tertiary/aromatic N) is 2. The zero-order valence-electron chi connectivity index (χ0n) is 15.5. The van der Waals surface area contributed by atoms with Crippen molar-refractivity contribution in [2.45, 2.75) is 41.8 Å². The largest absolute Gasteiger partial charge is 0.445 e. The molecule has 5 nitrogen and oxygen atoms in total. The lowest BCUT2D eigenvalue weighted by Gasteiger charge is -2.12. The highest BCUT2D eigenvalue weighted by molar-refractivity contribution is 7.99. The number of ether oxygens (including phenoxy) is 1. The maximum Gasteiger partial charge on any atom is 0.404 e. The lowest BCUT2D eigenvalue weighted by molar-refractivity contribution is 0.150. The number of aromatic nitrogens is 2. The molecule has 0 aliphatic heterocycles. The van der Waals surface area contributed by atoms with Crippen LogP contribution in [0, 0.1) is 0 Å². The van der Waals surface area contributed by atoms with Gasteiger partial charge in [-0.05, 0) is 60.2 Å². The molecule has 4 rings (SSSR count). The summed E-state index contributed by atoms with van der Waals surface area (Å²) in [4.78, 5) is 16.2. The van der Waals surface area contributed by atoms with Crippen LogP contribution in [0.1, 0.15) is 35.4 Å². The molecule has 2 heterocycles. The normalized spacial score (nSPS) is 13.4. The number of halogens is 2. The molecule has 1 saturated carbocycles. The third kappa shape index (κ3) is 5.07. The van der Waals surface area contributed by atoms with Crippen LogP contribution in [0.3, 0.4) is 0 Å². The van der Waals surface area contributed by atoms with E-state index in [0.29, 0.717) is 22.5 Å². The predicted molar refractivity (Wildman–Crippen MR) is 115 cm³/mol. The lowest BCUT2D eigenvalue weighted by Crippen LogP contribution is -2.12. The zero-order valence-corrected chi connectivity index (χ0v) is 17.8. The number of amides is 1. The Balaban J connectivity index is 1.75. The molecule has 29 heavy (non-hydrogen) atoms. The van der Waals surface area contributed by atoms with Gasteiger partial charge in [-0.3, -0.25) is 4.98 Å². The first kappa shape index (κ1) is 20.1. The second-order valence-corrected chi connectivity index (χ2v) is 8.88. The monoisotopic (exact) mass is 447 g/mol. The fourth-order valence-electron chi connectivity index (χ4n) is 3.30. The molecule has 1 aliphatic carbocycles. The molecule has 0 spiro atoms. The molecule has 2 aromatic heterocycles. The molecular formula is C21H19Cl2N3O2S. The molecule has 0 unspecified atom stereocenters. The van der Waals surface area contributed by atoms with Crippen LogP contribution in [0.15, 0.2) is 58.8 Å². The minimum atomic E-state index is -0.774. The van der Waals surface area contributed by atoms with Gasteiger partial charge in [-0.25, -0.2) is 4.79 Å². The van der Waals surface area contributed by atoms with E-state index in [0.717, 1.165) is 33.9 Å². The van der Waals surface area contributed by atoms with Crippen molar-refractivity contribution < 1.29 is 9.53 Å². The van der Waals surface area contributed by atoms with Crippen LogP contribution in [0.2, 0.25) is 10.0 Å². The average molecular weight is 448 g/mol. The summed E-state index contributed by atoms with van der Waals surface area (Å²) in [7, 11) is 0. The van der Waals surface area contributed by atoms with Gasteiger partial charge in [0.15, 0.2) is 0 Å². The number of carbonyl (C=O) groups is 1. The van der Waals surface area contributed by atoms with Gasteiger partial charge in [-0.2, -0.15) is 0 Å². The first-order valence-corrected chi connectivity index (χ1v) is 10.7. The Bertz CT molecular complexity index is 1020. The molecule has 2 N–H and O–H groups in total. The highest BCUT2D eigenvalue weighted by Crippen LogP contribution is 2.48. The summed E-state index contributed by atoms with van der Waals surface area (Å²) in [5, 5.41) is 2.29. The number of hydrogen-bond donors (Lipinski definition) is 1. The van der Waals surface area contributed by atoms with Crippen molar-refractivity contribution in [1.29, 1.82) is 0 Å². The van der Waals surface area contributed by atoms with Crippen LogP contribution in [0.5, 0.6) is 0 Å². The maximum absolute atomic E-state index is 11.2. The lowest BCUT2D eigenvalue weighted by atomic mass is 10.1. The van der Waals surface area contributed by atoms with Gasteiger partial charge in [0.2, 0.25) is 0 Å². The average Bonchev–Trinajstić information content (AvgIpc) is 3.44. The van der Waals surface area contributed by atoms with Crippen molar-refractivity contribution >= 4 is 41.1 Å². The molecule has 0 bridgehead atoms. The van der Waals surface area contributed by atoms with Crippen molar-refractivity contribution in [3.05, 3.63) is 75.7 Å². The second kappa shape index (κ2) is 8.69. The van der Waals surface area contributed by atoms with Crippen LogP contribution in [-0.2, 0) is 17.9 Å². The maximum atomic E-state index is 11.2. The summed E-state index contributed by atoms with van der Waals surface area (Å²) in [6, 6.07) is 9.50. The van der Waals surface area contributed by atoms with Gasteiger partial charge in [-0.15, -0.1) is 0 Å². The van der Waals surface area contributed by atoms with E-state index >= 15 is 0 Å². The van der Waals surface area contributed by atoms with E-state index in [4.69, 9.17) is 33.7 Å². The minimum absolute atomic E-state index is 0.161. The summed E-state index contributed by atoms with van der Waals surface area (Å²) in [5.74, 6) is 0.456. The van der Waals surface area contributed by atoms with Gasteiger partial charge in [-0.1, -0.05) is 35.0 Å². The molecule has 0 radical (unpaired) electrons. The third-order valence-electron chi connectivity index (χ3n) is 4.66.